The van der Waals surface area contributed by atoms with Crippen LogP contribution in [0.15, 0.2) is 10.7 Å². The van der Waals surface area contributed by atoms with E-state index in [2.05, 4.69) is 23.7 Å². The molecule has 0 aromatic carbocycles. The smallest absolute Gasteiger partial charge is 0.252 e. The molecular formula is C14H23N3O3. The Morgan fingerprint density at radius 2 is 2.30 bits per heavy atom. The van der Waals surface area contributed by atoms with Crippen molar-refractivity contribution in [2.45, 2.75) is 32.4 Å². The van der Waals surface area contributed by atoms with Crippen molar-refractivity contribution in [2.24, 2.45) is 0 Å². The highest BCUT2D eigenvalue weighted by atomic mass is 16.5. The first-order valence-corrected chi connectivity index (χ1v) is 6.96. The van der Waals surface area contributed by atoms with Crippen molar-refractivity contribution in [1.82, 2.24) is 14.8 Å². The molecule has 0 saturated carbocycles. The third-order valence-electron chi connectivity index (χ3n) is 3.32. The lowest BCUT2D eigenvalue weighted by Gasteiger charge is -2.32. The Morgan fingerprint density at radius 1 is 1.55 bits per heavy atom. The molecule has 0 radical (unpaired) electrons. The van der Waals surface area contributed by atoms with Gasteiger partial charge in [-0.05, 0) is 0 Å². The van der Waals surface area contributed by atoms with Crippen LogP contribution in [0.4, 0.5) is 0 Å². The second-order valence-corrected chi connectivity index (χ2v) is 5.66. The summed E-state index contributed by atoms with van der Waals surface area (Å²) in [6.45, 7) is 6.77. The molecular weight excluding hydrogens is 258 g/mol. The average Bonchev–Trinajstić information content (AvgIpc) is 2.86. The number of rotatable bonds is 4. The van der Waals surface area contributed by atoms with E-state index in [1.807, 2.05) is 0 Å². The largest absolute Gasteiger partial charge is 0.448 e. The van der Waals surface area contributed by atoms with Crippen molar-refractivity contribution in [3.63, 3.8) is 0 Å². The van der Waals surface area contributed by atoms with Gasteiger partial charge < -0.3 is 14.1 Å². The number of amides is 1. The highest BCUT2D eigenvalue weighted by molar-refractivity contribution is 5.80. The van der Waals surface area contributed by atoms with Gasteiger partial charge >= 0.3 is 0 Å². The quantitative estimate of drug-likeness (QED) is 0.827. The highest BCUT2D eigenvalue weighted by Gasteiger charge is 2.28. The van der Waals surface area contributed by atoms with Gasteiger partial charge in [0.05, 0.1) is 12.3 Å². The van der Waals surface area contributed by atoms with Crippen molar-refractivity contribution >= 4 is 5.91 Å². The van der Waals surface area contributed by atoms with Crippen LogP contribution < -0.4 is 0 Å². The van der Waals surface area contributed by atoms with E-state index in [-0.39, 0.29) is 17.9 Å². The van der Waals surface area contributed by atoms with E-state index in [0.717, 1.165) is 18.1 Å². The molecule has 1 atom stereocenters. The first-order chi connectivity index (χ1) is 9.47. The van der Waals surface area contributed by atoms with Crippen molar-refractivity contribution < 1.29 is 13.9 Å². The fraction of sp³-hybridized carbons (Fsp3) is 0.714. The zero-order chi connectivity index (χ0) is 14.7. The molecule has 112 valence electrons. The summed E-state index contributed by atoms with van der Waals surface area (Å²) in [5.41, 5.74) is 0.909. The van der Waals surface area contributed by atoms with Crippen LogP contribution in [0.5, 0.6) is 0 Å². The predicted octanol–water partition coefficient (Wildman–Crippen LogP) is 1.09. The van der Waals surface area contributed by atoms with Crippen LogP contribution in [0.25, 0.3) is 0 Å². The summed E-state index contributed by atoms with van der Waals surface area (Å²) in [7, 11) is 3.49. The number of nitrogens with zero attached hydrogens (tertiary/aromatic N) is 3. The molecule has 1 unspecified atom stereocenters. The summed E-state index contributed by atoms with van der Waals surface area (Å²) in [4.78, 5) is 20.1. The molecule has 1 saturated heterocycles. The van der Waals surface area contributed by atoms with E-state index < -0.39 is 0 Å². The summed E-state index contributed by atoms with van der Waals surface area (Å²) in [5.74, 6) is 1.06. The van der Waals surface area contributed by atoms with E-state index >= 15 is 0 Å². The van der Waals surface area contributed by atoms with Crippen molar-refractivity contribution in [3.8, 4) is 0 Å². The third-order valence-corrected chi connectivity index (χ3v) is 3.32. The Balaban J connectivity index is 1.93. The summed E-state index contributed by atoms with van der Waals surface area (Å²) in [6, 6.07) is 0. The molecule has 1 aromatic heterocycles. The zero-order valence-electron chi connectivity index (χ0n) is 12.6. The fourth-order valence-corrected chi connectivity index (χ4v) is 2.17. The maximum absolute atomic E-state index is 11.9. The Morgan fingerprint density at radius 3 is 2.90 bits per heavy atom. The number of likely N-dealkylation sites (N-methyl/N-ethyl adjacent to an activating group) is 1. The van der Waals surface area contributed by atoms with Crippen LogP contribution >= 0.6 is 0 Å². The molecule has 6 heteroatoms. The number of carbonyl (C=O) groups excluding carboxylic acids is 1. The van der Waals surface area contributed by atoms with E-state index in [0.29, 0.717) is 19.7 Å². The van der Waals surface area contributed by atoms with Gasteiger partial charge in [0.15, 0.2) is 5.89 Å². The lowest BCUT2D eigenvalue weighted by atomic mass is 10.2. The summed E-state index contributed by atoms with van der Waals surface area (Å²) in [6.07, 6.45) is 1.32. The number of aromatic nitrogens is 1. The Hall–Kier alpha value is -1.40. The monoisotopic (exact) mass is 281 g/mol. The van der Waals surface area contributed by atoms with Crippen LogP contribution in [0.3, 0.4) is 0 Å². The van der Waals surface area contributed by atoms with Gasteiger partial charge in [0.2, 0.25) is 0 Å². The van der Waals surface area contributed by atoms with Gasteiger partial charge in [-0.25, -0.2) is 4.98 Å². The van der Waals surface area contributed by atoms with E-state index in [1.165, 1.54) is 0 Å². The molecule has 0 N–H and O–H groups in total. The van der Waals surface area contributed by atoms with Gasteiger partial charge in [-0.2, -0.15) is 0 Å². The fourth-order valence-electron chi connectivity index (χ4n) is 2.17. The van der Waals surface area contributed by atoms with E-state index in [1.54, 1.807) is 25.3 Å². The molecule has 1 aliphatic heterocycles. The predicted molar refractivity (Wildman–Crippen MR) is 74.3 cm³/mol. The van der Waals surface area contributed by atoms with Crippen LogP contribution in [0.2, 0.25) is 0 Å². The summed E-state index contributed by atoms with van der Waals surface area (Å²) in [5, 5.41) is 0. The number of hydrogen-bond acceptors (Lipinski definition) is 5. The van der Waals surface area contributed by atoms with Crippen LogP contribution in [-0.4, -0.2) is 60.6 Å². The number of oxazole rings is 1. The first kappa shape index (κ1) is 15.0. The molecule has 1 aromatic rings. The second-order valence-electron chi connectivity index (χ2n) is 5.66. The first-order valence-electron chi connectivity index (χ1n) is 6.96. The summed E-state index contributed by atoms with van der Waals surface area (Å²) < 4.78 is 11.0. The Bertz CT molecular complexity index is 456. The maximum atomic E-state index is 11.9. The van der Waals surface area contributed by atoms with Crippen LogP contribution in [-0.2, 0) is 16.1 Å². The van der Waals surface area contributed by atoms with Gasteiger partial charge in [0.25, 0.3) is 5.91 Å². The topological polar surface area (TPSA) is 58.8 Å². The minimum atomic E-state index is -0.379. The molecule has 1 amide bonds. The molecule has 0 spiro atoms. The standard InChI is InChI=1S/C14H23N3O3/c1-10(2)13-15-11(9-20-13)7-17-5-6-19-12(8-17)14(18)16(3)4/h9-10,12H,5-8H2,1-4H3. The number of hydrogen-bond donors (Lipinski definition) is 0. The third kappa shape index (κ3) is 3.58. The second kappa shape index (κ2) is 6.37. The minimum absolute atomic E-state index is 0.0118. The summed E-state index contributed by atoms with van der Waals surface area (Å²) >= 11 is 0. The minimum Gasteiger partial charge on any atom is -0.448 e. The van der Waals surface area contributed by atoms with Gasteiger partial charge in [-0.15, -0.1) is 0 Å². The molecule has 20 heavy (non-hydrogen) atoms. The molecule has 0 bridgehead atoms. The molecule has 1 fully saturated rings. The van der Waals surface area contributed by atoms with Crippen LogP contribution in [0, 0.1) is 0 Å². The van der Waals surface area contributed by atoms with Crippen molar-refractivity contribution in [1.29, 1.82) is 0 Å². The van der Waals surface area contributed by atoms with E-state index in [4.69, 9.17) is 9.15 Å². The highest BCUT2D eigenvalue weighted by Crippen LogP contribution is 2.16. The average molecular weight is 281 g/mol. The molecule has 0 aliphatic carbocycles. The lowest BCUT2D eigenvalue weighted by Crippen LogP contribution is -2.49. The maximum Gasteiger partial charge on any atom is 0.252 e. The Labute approximate surface area is 119 Å². The van der Waals surface area contributed by atoms with E-state index in [9.17, 15) is 4.79 Å². The number of carbonyl (C=O) groups is 1. The van der Waals surface area contributed by atoms with Crippen molar-refractivity contribution in [3.05, 3.63) is 17.8 Å². The zero-order valence-corrected chi connectivity index (χ0v) is 12.6. The van der Waals surface area contributed by atoms with Gasteiger partial charge in [0.1, 0.15) is 12.4 Å². The SMILES string of the molecule is CC(C)c1nc(CN2CCOC(C(=O)N(C)C)C2)co1. The molecule has 2 heterocycles. The van der Waals surface area contributed by atoms with Crippen molar-refractivity contribution in [2.75, 3.05) is 33.8 Å². The van der Waals surface area contributed by atoms with Gasteiger partial charge in [-0.3, -0.25) is 9.69 Å². The molecule has 6 nitrogen and oxygen atoms in total. The van der Waals surface area contributed by atoms with Crippen LogP contribution in [0.1, 0.15) is 31.4 Å². The normalized spacial score (nSPS) is 20.4. The molecule has 2 rings (SSSR count). The number of morpholine rings is 1. The van der Waals surface area contributed by atoms with Gasteiger partial charge in [0, 0.05) is 39.6 Å². The molecule has 1 aliphatic rings. The Kier molecular flexibility index (Phi) is 4.77. The number of ether oxygens (including phenoxy) is 1. The lowest BCUT2D eigenvalue weighted by molar-refractivity contribution is -0.147. The van der Waals surface area contributed by atoms with Gasteiger partial charge in [-0.1, -0.05) is 13.8 Å².